The Labute approximate surface area is 193 Å². The Balaban J connectivity index is 1.80. The molecule has 2 atom stereocenters. The maximum absolute atomic E-state index is 15.4. The minimum Gasteiger partial charge on any atom is -0.207 e. The Hall–Kier alpha value is -2.51. The van der Waals surface area contributed by atoms with E-state index < -0.39 is 46.1 Å². The predicted molar refractivity (Wildman–Crippen MR) is 115 cm³/mol. The van der Waals surface area contributed by atoms with Gasteiger partial charge in [-0.15, -0.1) is 0 Å². The van der Waals surface area contributed by atoms with Crippen LogP contribution in [0.15, 0.2) is 35.4 Å². The zero-order chi connectivity index (χ0) is 24.7. The van der Waals surface area contributed by atoms with Crippen LogP contribution in [-0.2, 0) is 12.8 Å². The van der Waals surface area contributed by atoms with Gasteiger partial charge in [-0.05, 0) is 77.6 Å². The van der Waals surface area contributed by atoms with Gasteiger partial charge in [0, 0.05) is 16.6 Å². The summed E-state index contributed by atoms with van der Waals surface area (Å²) < 4.78 is 106. The molecule has 0 spiro atoms. The summed E-state index contributed by atoms with van der Waals surface area (Å²) in [6.45, 7) is 4.81. The van der Waals surface area contributed by atoms with E-state index in [0.717, 1.165) is 6.07 Å². The molecule has 0 aliphatic heterocycles. The Morgan fingerprint density at radius 1 is 0.794 bits per heavy atom. The zero-order valence-electron chi connectivity index (χ0n) is 18.5. The summed E-state index contributed by atoms with van der Waals surface area (Å²) in [5, 5.41) is 0. The summed E-state index contributed by atoms with van der Waals surface area (Å²) in [5.74, 6) is -17.3. The van der Waals surface area contributed by atoms with E-state index in [0.29, 0.717) is 22.2 Å². The average molecular weight is 474 g/mol. The second kappa shape index (κ2) is 6.00. The molecule has 0 aromatic heterocycles. The molecule has 4 aliphatic carbocycles. The van der Waals surface area contributed by atoms with Crippen molar-refractivity contribution in [2.45, 2.75) is 51.4 Å². The lowest BCUT2D eigenvalue weighted by atomic mass is 9.62. The first-order valence-corrected chi connectivity index (χ1v) is 11.0. The van der Waals surface area contributed by atoms with Crippen molar-refractivity contribution in [1.29, 1.82) is 0 Å². The van der Waals surface area contributed by atoms with Crippen LogP contribution in [0.5, 0.6) is 0 Å². The summed E-state index contributed by atoms with van der Waals surface area (Å²) in [6.07, 6.45) is 0.341. The van der Waals surface area contributed by atoms with Gasteiger partial charge in [0.05, 0.1) is 0 Å². The number of rotatable bonds is 0. The average Bonchev–Trinajstić information content (AvgIpc) is 3.25. The van der Waals surface area contributed by atoms with Crippen molar-refractivity contribution in [3.05, 3.63) is 74.6 Å². The van der Waals surface area contributed by atoms with Gasteiger partial charge in [-0.3, -0.25) is 0 Å². The number of fused-ring (bicyclic) bond motifs is 8. The molecule has 2 aromatic rings. The van der Waals surface area contributed by atoms with Gasteiger partial charge in [-0.2, -0.15) is 26.3 Å². The molecule has 6 rings (SSSR count). The Morgan fingerprint density at radius 2 is 1.44 bits per heavy atom. The standard InChI is InChI=1S/C26H18BF7/c1-10-5-15-13(7-17(10)27)9-23(3)16-6-12-4-11(2)18(28)8-14(12)19(16)21-22(20(15)23)25(31,32)26(33,34)24(21,29)30/h4-5,7-8,16H,6,9H2,1-3H3. The molecule has 34 heavy (non-hydrogen) atoms. The molecule has 2 aromatic carbocycles. The van der Waals surface area contributed by atoms with Gasteiger partial charge in [0.1, 0.15) is 13.7 Å². The third kappa shape index (κ3) is 2.19. The van der Waals surface area contributed by atoms with Crippen molar-refractivity contribution in [2.24, 2.45) is 11.3 Å². The first-order valence-electron chi connectivity index (χ1n) is 11.0. The third-order valence-corrected chi connectivity index (χ3v) is 8.29. The molecule has 0 N–H and O–H groups in total. The Kier molecular flexibility index (Phi) is 3.88. The highest BCUT2D eigenvalue weighted by Gasteiger charge is 2.83. The van der Waals surface area contributed by atoms with Crippen LogP contribution >= 0.6 is 0 Å². The predicted octanol–water partition coefficient (Wildman–Crippen LogP) is 6.11. The maximum atomic E-state index is 15.4. The quantitative estimate of drug-likeness (QED) is 0.319. The van der Waals surface area contributed by atoms with Crippen molar-refractivity contribution in [2.75, 3.05) is 0 Å². The number of aryl methyl sites for hydroxylation is 2. The monoisotopic (exact) mass is 474 g/mol. The second-order valence-electron chi connectivity index (χ2n) is 10.2. The van der Waals surface area contributed by atoms with Crippen LogP contribution in [0, 0.1) is 31.0 Å². The van der Waals surface area contributed by atoms with Crippen LogP contribution in [0.4, 0.5) is 30.7 Å². The molecule has 0 heterocycles. The fraction of sp³-hybridized carbons (Fsp3) is 0.385. The van der Waals surface area contributed by atoms with Gasteiger partial charge in [0.25, 0.3) is 0 Å². The Bertz CT molecular complexity index is 1400. The van der Waals surface area contributed by atoms with Crippen LogP contribution in [0.1, 0.15) is 40.3 Å². The summed E-state index contributed by atoms with van der Waals surface area (Å²) in [5.41, 5.74) is -1.73. The van der Waals surface area contributed by atoms with Gasteiger partial charge in [0.2, 0.25) is 0 Å². The number of allylic oxidation sites excluding steroid dienone is 4. The fourth-order valence-electron chi connectivity index (χ4n) is 6.59. The van der Waals surface area contributed by atoms with E-state index in [4.69, 9.17) is 7.85 Å². The number of hydrogen-bond donors (Lipinski definition) is 0. The van der Waals surface area contributed by atoms with E-state index in [2.05, 4.69) is 0 Å². The lowest BCUT2D eigenvalue weighted by molar-refractivity contribution is -0.257. The van der Waals surface area contributed by atoms with E-state index in [9.17, 15) is 13.2 Å². The van der Waals surface area contributed by atoms with Gasteiger partial charge in [0.15, 0.2) is 0 Å². The van der Waals surface area contributed by atoms with Crippen molar-refractivity contribution in [3.8, 4) is 0 Å². The molecule has 2 unspecified atom stereocenters. The summed E-state index contributed by atoms with van der Waals surface area (Å²) in [6, 6.07) is 5.65. The minimum absolute atomic E-state index is 0.0145. The van der Waals surface area contributed by atoms with Gasteiger partial charge in [-0.1, -0.05) is 36.1 Å². The fourth-order valence-corrected chi connectivity index (χ4v) is 6.59. The smallest absolute Gasteiger partial charge is 0.207 e. The molecule has 2 radical (unpaired) electrons. The first-order chi connectivity index (χ1) is 15.6. The third-order valence-electron chi connectivity index (χ3n) is 8.29. The lowest BCUT2D eigenvalue weighted by Gasteiger charge is -2.40. The molecule has 8 heteroatoms. The van der Waals surface area contributed by atoms with Crippen molar-refractivity contribution in [3.63, 3.8) is 0 Å². The van der Waals surface area contributed by atoms with Crippen LogP contribution in [0.2, 0.25) is 0 Å². The first kappa shape index (κ1) is 22.0. The molecule has 4 aliphatic rings. The largest absolute Gasteiger partial charge is 0.380 e. The van der Waals surface area contributed by atoms with Crippen LogP contribution in [-0.4, -0.2) is 25.6 Å². The van der Waals surface area contributed by atoms with E-state index in [1.807, 2.05) is 0 Å². The molecule has 1 saturated carbocycles. The lowest BCUT2D eigenvalue weighted by Crippen LogP contribution is -2.47. The van der Waals surface area contributed by atoms with Gasteiger partial charge in [-0.25, -0.2) is 4.39 Å². The molecule has 1 fully saturated rings. The molecule has 0 saturated heterocycles. The van der Waals surface area contributed by atoms with Crippen molar-refractivity contribution >= 4 is 24.5 Å². The molecular weight excluding hydrogens is 456 g/mol. The normalized spacial score (nSPS) is 29.1. The maximum Gasteiger partial charge on any atom is 0.380 e. The van der Waals surface area contributed by atoms with Crippen LogP contribution in [0.3, 0.4) is 0 Å². The molecule has 174 valence electrons. The van der Waals surface area contributed by atoms with Crippen molar-refractivity contribution in [1.82, 2.24) is 0 Å². The van der Waals surface area contributed by atoms with Gasteiger partial charge >= 0.3 is 17.8 Å². The zero-order valence-corrected chi connectivity index (χ0v) is 18.5. The molecule has 0 nitrogen and oxygen atoms in total. The van der Waals surface area contributed by atoms with Crippen LogP contribution in [0.25, 0.3) is 11.1 Å². The number of hydrogen-bond acceptors (Lipinski definition) is 0. The summed E-state index contributed by atoms with van der Waals surface area (Å²) in [7, 11) is 6.02. The highest BCUT2D eigenvalue weighted by atomic mass is 19.3. The second-order valence-corrected chi connectivity index (χ2v) is 10.2. The summed E-state index contributed by atoms with van der Waals surface area (Å²) in [4.78, 5) is 0. The van der Waals surface area contributed by atoms with Crippen molar-refractivity contribution < 1.29 is 30.7 Å². The topological polar surface area (TPSA) is 0 Å². The number of benzene rings is 2. The molecule has 0 amide bonds. The SMILES string of the molecule is [B]c1cc2c(cc1C)C1=C3C(=C4c5cc(F)c(C)cc5CC4C1(C)C2)C(F)(F)C(F)(F)C3(F)F. The number of halogens is 7. The number of alkyl halides is 6. The Morgan fingerprint density at radius 3 is 2.12 bits per heavy atom. The van der Waals surface area contributed by atoms with Crippen LogP contribution < -0.4 is 5.46 Å². The highest BCUT2D eigenvalue weighted by Crippen LogP contribution is 2.73. The van der Waals surface area contributed by atoms with E-state index in [1.165, 1.54) is 19.1 Å². The molecule has 0 bridgehead atoms. The minimum atomic E-state index is -5.63. The van der Waals surface area contributed by atoms with E-state index >= 15 is 17.6 Å². The van der Waals surface area contributed by atoms with E-state index in [1.54, 1.807) is 19.9 Å². The highest BCUT2D eigenvalue weighted by molar-refractivity contribution is 6.33. The van der Waals surface area contributed by atoms with E-state index in [-0.39, 0.29) is 40.7 Å². The van der Waals surface area contributed by atoms with Gasteiger partial charge < -0.3 is 0 Å². The molecular formula is C26H18BF7. The summed E-state index contributed by atoms with van der Waals surface area (Å²) >= 11 is 0.